The highest BCUT2D eigenvalue weighted by molar-refractivity contribution is 6.38. The summed E-state index contributed by atoms with van der Waals surface area (Å²) in [5.74, 6) is -2.68. The summed E-state index contributed by atoms with van der Waals surface area (Å²) < 4.78 is 0. The maximum Gasteiger partial charge on any atom is 0.376 e. The summed E-state index contributed by atoms with van der Waals surface area (Å²) >= 11 is 5.65. The van der Waals surface area contributed by atoms with Crippen LogP contribution in [0.5, 0.6) is 5.75 Å². The first-order chi connectivity index (χ1) is 7.00. The Balaban J connectivity index is 2.94. The van der Waals surface area contributed by atoms with Crippen molar-refractivity contribution in [3.8, 4) is 5.75 Å². The molecule has 0 atom stereocenters. The second-order valence-electron chi connectivity index (χ2n) is 2.71. The minimum Gasteiger partial charge on any atom is -0.507 e. The Morgan fingerprint density at radius 1 is 1.33 bits per heavy atom. The van der Waals surface area contributed by atoms with Crippen molar-refractivity contribution in [3.05, 3.63) is 34.9 Å². The fourth-order valence-electron chi connectivity index (χ4n) is 0.896. The number of hydrogen-bond acceptors (Lipinski definition) is 3. The maximum absolute atomic E-state index is 10.7. The van der Waals surface area contributed by atoms with E-state index in [4.69, 9.17) is 16.7 Å². The number of ketones is 1. The molecule has 0 aliphatic heterocycles. The van der Waals surface area contributed by atoms with Crippen molar-refractivity contribution in [3.63, 3.8) is 0 Å². The first-order valence-corrected chi connectivity index (χ1v) is 4.32. The predicted octanol–water partition coefficient (Wildman–Crippen LogP) is 1.71. The zero-order chi connectivity index (χ0) is 11.4. The number of aromatic hydroxyl groups is 1. The van der Waals surface area contributed by atoms with E-state index in [0.717, 1.165) is 6.08 Å². The second-order valence-corrected chi connectivity index (χ2v) is 3.14. The molecule has 0 unspecified atom stereocenters. The molecule has 0 fully saturated rings. The highest BCUT2D eigenvalue weighted by Crippen LogP contribution is 2.22. The van der Waals surface area contributed by atoms with Crippen molar-refractivity contribution in [2.45, 2.75) is 0 Å². The number of aliphatic carboxylic acids is 1. The number of carbonyl (C=O) groups is 2. The largest absolute Gasteiger partial charge is 0.507 e. The molecule has 4 nitrogen and oxygen atoms in total. The smallest absolute Gasteiger partial charge is 0.376 e. The lowest BCUT2D eigenvalue weighted by Crippen LogP contribution is -2.08. The summed E-state index contributed by atoms with van der Waals surface area (Å²) in [5.41, 5.74) is 0.289. The van der Waals surface area contributed by atoms with Gasteiger partial charge >= 0.3 is 5.97 Å². The van der Waals surface area contributed by atoms with E-state index in [1.54, 1.807) is 0 Å². The number of carbonyl (C=O) groups excluding carboxylic acids is 1. The van der Waals surface area contributed by atoms with Crippen molar-refractivity contribution < 1.29 is 19.8 Å². The van der Waals surface area contributed by atoms with Gasteiger partial charge in [-0.25, -0.2) is 4.79 Å². The summed E-state index contributed by atoms with van der Waals surface area (Å²) in [4.78, 5) is 20.9. The van der Waals surface area contributed by atoms with E-state index < -0.39 is 11.8 Å². The molecule has 1 aromatic carbocycles. The first kappa shape index (κ1) is 11.3. The van der Waals surface area contributed by atoms with Crippen LogP contribution in [-0.4, -0.2) is 22.0 Å². The number of carboxylic acid groups (broad SMARTS) is 1. The second kappa shape index (κ2) is 4.61. The zero-order valence-electron chi connectivity index (χ0n) is 7.48. The van der Waals surface area contributed by atoms with Gasteiger partial charge in [0.2, 0.25) is 0 Å². The summed E-state index contributed by atoms with van der Waals surface area (Å²) in [6.07, 6.45) is 2.05. The van der Waals surface area contributed by atoms with Crippen LogP contribution in [0, 0.1) is 0 Å². The molecule has 5 heteroatoms. The summed E-state index contributed by atoms with van der Waals surface area (Å²) in [6, 6.07) is 4.25. The molecule has 0 saturated heterocycles. The molecule has 0 aromatic heterocycles. The minimum atomic E-state index is -1.55. The third-order valence-electron chi connectivity index (χ3n) is 1.61. The number of phenols is 1. The topological polar surface area (TPSA) is 74.6 Å². The van der Waals surface area contributed by atoms with Crippen LogP contribution in [-0.2, 0) is 9.59 Å². The number of halogens is 1. The lowest BCUT2D eigenvalue weighted by molar-refractivity contribution is -0.146. The average molecular weight is 227 g/mol. The van der Waals surface area contributed by atoms with Gasteiger partial charge in [-0.05, 0) is 30.4 Å². The lowest BCUT2D eigenvalue weighted by atomic mass is 10.1. The van der Waals surface area contributed by atoms with Gasteiger partial charge in [0.25, 0.3) is 5.78 Å². The van der Waals surface area contributed by atoms with E-state index in [1.807, 2.05) is 0 Å². The van der Waals surface area contributed by atoms with Crippen LogP contribution in [0.4, 0.5) is 0 Å². The molecule has 15 heavy (non-hydrogen) atoms. The van der Waals surface area contributed by atoms with Crippen molar-refractivity contribution >= 4 is 29.4 Å². The molecule has 1 aromatic rings. The summed E-state index contributed by atoms with van der Waals surface area (Å²) in [7, 11) is 0. The van der Waals surface area contributed by atoms with Gasteiger partial charge in [-0.3, -0.25) is 4.79 Å². The van der Waals surface area contributed by atoms with Crippen LogP contribution < -0.4 is 0 Å². The molecule has 78 valence electrons. The Hall–Kier alpha value is -1.81. The maximum atomic E-state index is 10.7. The lowest BCUT2D eigenvalue weighted by Gasteiger charge is -1.98. The van der Waals surface area contributed by atoms with Crippen molar-refractivity contribution in [1.82, 2.24) is 0 Å². The Morgan fingerprint density at radius 2 is 2.00 bits per heavy atom. The third-order valence-corrected chi connectivity index (χ3v) is 1.85. The Morgan fingerprint density at radius 3 is 2.60 bits per heavy atom. The van der Waals surface area contributed by atoms with Gasteiger partial charge in [0.15, 0.2) is 0 Å². The van der Waals surface area contributed by atoms with E-state index in [2.05, 4.69) is 0 Å². The number of phenolic OH excluding ortho intramolecular Hbond substituents is 1. The van der Waals surface area contributed by atoms with Crippen LogP contribution in [0.3, 0.4) is 0 Å². The average Bonchev–Trinajstić information content (AvgIpc) is 2.18. The van der Waals surface area contributed by atoms with Crippen molar-refractivity contribution in [2.24, 2.45) is 0 Å². The van der Waals surface area contributed by atoms with Crippen LogP contribution in [0.25, 0.3) is 6.08 Å². The minimum absolute atomic E-state index is 0.0751. The molecule has 0 aliphatic rings. The number of rotatable bonds is 3. The highest BCUT2D eigenvalue weighted by Gasteiger charge is 2.06. The van der Waals surface area contributed by atoms with Crippen LogP contribution >= 0.6 is 11.6 Å². The molecule has 0 radical (unpaired) electrons. The number of benzene rings is 1. The van der Waals surface area contributed by atoms with Crippen LogP contribution in [0.2, 0.25) is 5.02 Å². The Labute approximate surface area is 90.4 Å². The molecular formula is C10H7ClO4. The van der Waals surface area contributed by atoms with Crippen LogP contribution in [0.1, 0.15) is 5.56 Å². The van der Waals surface area contributed by atoms with E-state index in [9.17, 15) is 14.7 Å². The highest BCUT2D eigenvalue weighted by atomic mass is 35.5. The van der Waals surface area contributed by atoms with Gasteiger partial charge in [-0.2, -0.15) is 0 Å². The molecule has 0 amide bonds. The van der Waals surface area contributed by atoms with Gasteiger partial charge in [0.05, 0.1) is 0 Å². The molecule has 0 aliphatic carbocycles. The first-order valence-electron chi connectivity index (χ1n) is 3.94. The van der Waals surface area contributed by atoms with E-state index >= 15 is 0 Å². The zero-order valence-corrected chi connectivity index (χ0v) is 8.23. The predicted molar refractivity (Wildman–Crippen MR) is 54.8 cm³/mol. The SMILES string of the molecule is O=C(O)C(=O)/C=C/c1cc(Cl)ccc1O. The number of hydrogen-bond donors (Lipinski definition) is 2. The van der Waals surface area contributed by atoms with E-state index in [1.165, 1.54) is 24.3 Å². The molecule has 2 N–H and O–H groups in total. The van der Waals surface area contributed by atoms with Crippen LogP contribution in [0.15, 0.2) is 24.3 Å². The summed E-state index contributed by atoms with van der Waals surface area (Å²) in [5, 5.41) is 18.0. The van der Waals surface area contributed by atoms with Gasteiger partial charge in [0.1, 0.15) is 5.75 Å². The Kier molecular flexibility index (Phi) is 3.46. The van der Waals surface area contributed by atoms with E-state index in [-0.39, 0.29) is 11.3 Å². The fourth-order valence-corrected chi connectivity index (χ4v) is 1.08. The van der Waals surface area contributed by atoms with Gasteiger partial charge in [-0.1, -0.05) is 11.6 Å². The third kappa shape index (κ3) is 3.11. The molecule has 0 bridgehead atoms. The molecule has 0 spiro atoms. The van der Waals surface area contributed by atoms with Gasteiger partial charge in [0, 0.05) is 10.6 Å². The normalized spacial score (nSPS) is 10.5. The standard InChI is InChI=1S/C10H7ClO4/c11-7-2-4-8(12)6(5-7)1-3-9(13)10(14)15/h1-5,12H,(H,14,15)/b3-1+. The monoisotopic (exact) mass is 226 g/mol. The van der Waals surface area contributed by atoms with E-state index in [0.29, 0.717) is 5.02 Å². The van der Waals surface area contributed by atoms with Crippen molar-refractivity contribution in [1.29, 1.82) is 0 Å². The van der Waals surface area contributed by atoms with Crippen molar-refractivity contribution in [2.75, 3.05) is 0 Å². The van der Waals surface area contributed by atoms with Gasteiger partial charge < -0.3 is 10.2 Å². The molecule has 1 rings (SSSR count). The fraction of sp³-hybridized carbons (Fsp3) is 0. The quantitative estimate of drug-likeness (QED) is 0.608. The summed E-state index contributed by atoms with van der Waals surface area (Å²) in [6.45, 7) is 0. The Bertz CT molecular complexity index is 437. The number of carboxylic acids is 1. The molecule has 0 heterocycles. The molecular weight excluding hydrogens is 220 g/mol. The molecule has 0 saturated carbocycles. The van der Waals surface area contributed by atoms with Gasteiger partial charge in [-0.15, -0.1) is 0 Å².